The zero-order valence-corrected chi connectivity index (χ0v) is 13.1. The Morgan fingerprint density at radius 3 is 2.48 bits per heavy atom. The number of anilines is 1. The first-order valence-corrected chi connectivity index (χ1v) is 6.96. The molecule has 1 aromatic carbocycles. The molecule has 0 aromatic heterocycles. The van der Waals surface area contributed by atoms with Gasteiger partial charge in [-0.3, -0.25) is 0 Å². The second-order valence-electron chi connectivity index (χ2n) is 6.10. The highest BCUT2D eigenvalue weighted by Crippen LogP contribution is 2.33. The van der Waals surface area contributed by atoms with Crippen molar-refractivity contribution < 1.29 is 24.5 Å². The number of nitrogens with one attached hydrogen (secondary N) is 1. The van der Waals surface area contributed by atoms with E-state index in [9.17, 15) is 9.59 Å². The van der Waals surface area contributed by atoms with E-state index in [-0.39, 0.29) is 12.0 Å². The fraction of sp³-hybridized carbons (Fsp3) is 0.312. The molecule has 0 aliphatic carbocycles. The fourth-order valence-corrected chi connectivity index (χ4v) is 1.97. The minimum Gasteiger partial charge on any atom is -0.484 e. The van der Waals surface area contributed by atoms with E-state index in [1.807, 2.05) is 18.2 Å². The average molecular weight is 318 g/mol. The summed E-state index contributed by atoms with van der Waals surface area (Å²) in [6.45, 7) is 6.36. The van der Waals surface area contributed by atoms with Gasteiger partial charge in [0.15, 0.2) is 5.57 Å². The summed E-state index contributed by atoms with van der Waals surface area (Å²) in [5, 5.41) is 20.6. The molecule has 0 amide bonds. The molecule has 0 spiro atoms. The number of amidine groups is 1. The number of aliphatic imine (C=N–C) groups is 1. The number of benzene rings is 1. The summed E-state index contributed by atoms with van der Waals surface area (Å²) in [7, 11) is 0. The highest BCUT2D eigenvalue weighted by molar-refractivity contribution is 6.12. The van der Waals surface area contributed by atoms with Crippen LogP contribution in [0.25, 0.3) is 0 Å². The number of carboxylic acids is 2. The summed E-state index contributed by atoms with van der Waals surface area (Å²) in [4.78, 5) is 25.5. The van der Waals surface area contributed by atoms with E-state index < -0.39 is 17.5 Å². The summed E-state index contributed by atoms with van der Waals surface area (Å²) < 4.78 is 5.54. The Labute approximate surface area is 133 Å². The number of ether oxygens (including phenoxy) is 1. The average Bonchev–Trinajstić information content (AvgIpc) is 2.45. The molecule has 7 nitrogen and oxygen atoms in total. The lowest BCUT2D eigenvalue weighted by atomic mass is 9.86. The van der Waals surface area contributed by atoms with E-state index in [0.29, 0.717) is 17.3 Å². The van der Waals surface area contributed by atoms with Gasteiger partial charge >= 0.3 is 11.9 Å². The number of aliphatic carboxylic acids is 2. The molecule has 1 aromatic rings. The Kier molecular flexibility index (Phi) is 4.40. The van der Waals surface area contributed by atoms with E-state index in [1.165, 1.54) is 0 Å². The van der Waals surface area contributed by atoms with Crippen molar-refractivity contribution in [3.8, 4) is 5.75 Å². The SMILES string of the molecule is CC(C)(C)c1ccc2c(c1)NC(=NC=C(C(=O)O)C(=O)O)CO2. The lowest BCUT2D eigenvalue weighted by Gasteiger charge is -2.25. The summed E-state index contributed by atoms with van der Waals surface area (Å²) in [5.74, 6) is -2.09. The highest BCUT2D eigenvalue weighted by atomic mass is 16.5. The maximum absolute atomic E-state index is 10.8. The number of hydrogen-bond donors (Lipinski definition) is 3. The Bertz CT molecular complexity index is 698. The zero-order valence-electron chi connectivity index (χ0n) is 13.1. The molecule has 0 atom stereocenters. The third kappa shape index (κ3) is 3.88. The second-order valence-corrected chi connectivity index (χ2v) is 6.10. The van der Waals surface area contributed by atoms with Gasteiger partial charge in [0.05, 0.1) is 11.9 Å². The molecule has 1 aliphatic rings. The van der Waals surface area contributed by atoms with E-state index >= 15 is 0 Å². The van der Waals surface area contributed by atoms with Gasteiger partial charge in [0.25, 0.3) is 0 Å². The maximum atomic E-state index is 10.8. The van der Waals surface area contributed by atoms with Crippen LogP contribution in [0.2, 0.25) is 0 Å². The summed E-state index contributed by atoms with van der Waals surface area (Å²) in [6, 6.07) is 5.77. The number of nitrogens with zero attached hydrogens (tertiary/aromatic N) is 1. The van der Waals surface area contributed by atoms with Gasteiger partial charge in [0, 0.05) is 0 Å². The van der Waals surface area contributed by atoms with Crippen LogP contribution in [0.15, 0.2) is 35.0 Å². The first kappa shape index (κ1) is 16.5. The highest BCUT2D eigenvalue weighted by Gasteiger charge is 2.20. The number of fused-ring (bicyclic) bond motifs is 1. The largest absolute Gasteiger partial charge is 0.484 e. The zero-order chi connectivity index (χ0) is 17.2. The van der Waals surface area contributed by atoms with Gasteiger partial charge < -0.3 is 20.3 Å². The van der Waals surface area contributed by atoms with Crippen LogP contribution in [0.3, 0.4) is 0 Å². The van der Waals surface area contributed by atoms with E-state index in [0.717, 1.165) is 11.8 Å². The standard InChI is InChI=1S/C16H18N2O5/c1-16(2,3)9-4-5-12-11(6-9)18-13(8-23-12)17-7-10(14(19)20)15(21)22/h4-7H,8H2,1-3H3,(H,17,18)(H,19,20)(H,21,22). The minimum absolute atomic E-state index is 0.0366. The molecular weight excluding hydrogens is 300 g/mol. The van der Waals surface area contributed by atoms with Gasteiger partial charge in [-0.05, 0) is 23.1 Å². The van der Waals surface area contributed by atoms with Crippen LogP contribution < -0.4 is 10.1 Å². The Morgan fingerprint density at radius 2 is 1.91 bits per heavy atom. The van der Waals surface area contributed by atoms with Gasteiger partial charge in [0.2, 0.25) is 0 Å². The maximum Gasteiger partial charge on any atom is 0.344 e. The quantitative estimate of drug-likeness (QED) is 0.448. The predicted octanol–water partition coefficient (Wildman–Crippen LogP) is 2.24. The Morgan fingerprint density at radius 1 is 1.26 bits per heavy atom. The van der Waals surface area contributed by atoms with Crippen LogP contribution in [0.1, 0.15) is 26.3 Å². The summed E-state index contributed by atoms with van der Waals surface area (Å²) in [6.07, 6.45) is 0.801. The monoisotopic (exact) mass is 318 g/mol. The number of carbonyl (C=O) groups is 2. The van der Waals surface area contributed by atoms with Crippen LogP contribution in [0.5, 0.6) is 5.75 Å². The van der Waals surface area contributed by atoms with Crippen LogP contribution in [-0.2, 0) is 15.0 Å². The van der Waals surface area contributed by atoms with Crippen molar-refractivity contribution in [3.63, 3.8) is 0 Å². The molecule has 2 rings (SSSR count). The van der Waals surface area contributed by atoms with Crippen molar-refractivity contribution in [3.05, 3.63) is 35.5 Å². The third-order valence-electron chi connectivity index (χ3n) is 3.30. The fourth-order valence-electron chi connectivity index (χ4n) is 1.97. The normalized spacial score (nSPS) is 15.2. The summed E-state index contributed by atoms with van der Waals surface area (Å²) >= 11 is 0. The molecule has 0 radical (unpaired) electrons. The van der Waals surface area contributed by atoms with Crippen LogP contribution in [0, 0.1) is 0 Å². The first-order chi connectivity index (χ1) is 10.7. The third-order valence-corrected chi connectivity index (χ3v) is 3.30. The van der Waals surface area contributed by atoms with Gasteiger partial charge in [0.1, 0.15) is 18.2 Å². The second kappa shape index (κ2) is 6.12. The molecule has 0 saturated carbocycles. The van der Waals surface area contributed by atoms with E-state index in [4.69, 9.17) is 14.9 Å². The number of rotatable bonds is 3. The number of hydrogen-bond acceptors (Lipinski definition) is 4. The van der Waals surface area contributed by atoms with Crippen molar-refractivity contribution in [2.45, 2.75) is 26.2 Å². The van der Waals surface area contributed by atoms with Crippen LogP contribution >= 0.6 is 0 Å². The summed E-state index contributed by atoms with van der Waals surface area (Å²) in [5.41, 5.74) is 0.961. The molecular formula is C16H18N2O5. The smallest absolute Gasteiger partial charge is 0.344 e. The molecule has 7 heteroatoms. The predicted molar refractivity (Wildman–Crippen MR) is 85.0 cm³/mol. The lowest BCUT2D eigenvalue weighted by Crippen LogP contribution is -2.26. The molecule has 0 saturated heterocycles. The first-order valence-electron chi connectivity index (χ1n) is 6.96. The topological polar surface area (TPSA) is 108 Å². The molecule has 0 unspecified atom stereocenters. The minimum atomic E-state index is -1.55. The molecule has 3 N–H and O–H groups in total. The number of carboxylic acid groups (broad SMARTS) is 2. The molecule has 0 fully saturated rings. The molecule has 122 valence electrons. The lowest BCUT2D eigenvalue weighted by molar-refractivity contribution is -0.140. The van der Waals surface area contributed by atoms with E-state index in [1.54, 1.807) is 0 Å². The van der Waals surface area contributed by atoms with Gasteiger partial charge in [-0.25, -0.2) is 14.6 Å². The molecule has 0 bridgehead atoms. The Balaban J connectivity index is 2.29. The van der Waals surface area contributed by atoms with Crippen molar-refractivity contribution in [2.24, 2.45) is 4.99 Å². The van der Waals surface area contributed by atoms with Crippen LogP contribution in [0.4, 0.5) is 5.69 Å². The van der Waals surface area contributed by atoms with Crippen molar-refractivity contribution in [1.82, 2.24) is 0 Å². The van der Waals surface area contributed by atoms with E-state index in [2.05, 4.69) is 31.1 Å². The van der Waals surface area contributed by atoms with Gasteiger partial charge in [-0.1, -0.05) is 26.8 Å². The van der Waals surface area contributed by atoms with Crippen molar-refractivity contribution >= 4 is 23.5 Å². The molecule has 1 heterocycles. The molecule has 1 aliphatic heterocycles. The Hall–Kier alpha value is -2.83. The van der Waals surface area contributed by atoms with Gasteiger partial charge in [-0.2, -0.15) is 0 Å². The molecule has 23 heavy (non-hydrogen) atoms. The van der Waals surface area contributed by atoms with Crippen molar-refractivity contribution in [1.29, 1.82) is 0 Å². The van der Waals surface area contributed by atoms with Crippen molar-refractivity contribution in [2.75, 3.05) is 11.9 Å². The van der Waals surface area contributed by atoms with Crippen LogP contribution in [-0.4, -0.2) is 34.6 Å². The van der Waals surface area contributed by atoms with Gasteiger partial charge in [-0.15, -0.1) is 0 Å².